The quantitative estimate of drug-likeness (QED) is 0.689. The zero-order chi connectivity index (χ0) is 19.9. The van der Waals surface area contributed by atoms with Crippen molar-refractivity contribution >= 4 is 16.9 Å². The average Bonchev–Trinajstić information content (AvgIpc) is 3.10. The van der Waals surface area contributed by atoms with Crippen molar-refractivity contribution in [3.05, 3.63) is 42.0 Å². The van der Waals surface area contributed by atoms with Crippen LogP contribution in [0.15, 0.2) is 36.4 Å². The van der Waals surface area contributed by atoms with Gasteiger partial charge in [0.05, 0.1) is 11.6 Å². The number of alkyl carbamates (subject to hydrolysis) is 1. The summed E-state index contributed by atoms with van der Waals surface area (Å²) in [5, 5.41) is 5.24. The van der Waals surface area contributed by atoms with E-state index >= 15 is 0 Å². The summed E-state index contributed by atoms with van der Waals surface area (Å²) in [6.45, 7) is 2.36. The van der Waals surface area contributed by atoms with Gasteiger partial charge in [0.2, 0.25) is 0 Å². The van der Waals surface area contributed by atoms with Crippen LogP contribution < -0.4 is 10.1 Å². The van der Waals surface area contributed by atoms with Crippen molar-refractivity contribution in [2.45, 2.75) is 76.4 Å². The molecule has 0 radical (unpaired) electrons. The van der Waals surface area contributed by atoms with Gasteiger partial charge in [-0.1, -0.05) is 37.5 Å². The summed E-state index contributed by atoms with van der Waals surface area (Å²) in [6.07, 6.45) is 12.2. The molecule has 0 bridgehead atoms. The first-order valence-corrected chi connectivity index (χ1v) is 11.2. The summed E-state index contributed by atoms with van der Waals surface area (Å²) in [4.78, 5) is 11.5. The number of fused-ring (bicyclic) bond motifs is 1. The number of nitrogens with one attached hydrogen (secondary N) is 1. The molecule has 2 aromatic rings. The smallest absolute Gasteiger partial charge is 0.408 e. The number of ether oxygens (including phenoxy) is 2. The van der Waals surface area contributed by atoms with Crippen LogP contribution in [-0.2, 0) is 10.3 Å². The summed E-state index contributed by atoms with van der Waals surface area (Å²) in [6, 6.07) is 12.7. The van der Waals surface area contributed by atoms with Gasteiger partial charge in [0.25, 0.3) is 0 Å². The Kier molecular flexibility index (Phi) is 4.68. The molecule has 2 aromatic carbocycles. The predicted molar refractivity (Wildman–Crippen MR) is 114 cm³/mol. The lowest BCUT2D eigenvalue weighted by Gasteiger charge is -2.42. The molecule has 1 atom stereocenters. The van der Waals surface area contributed by atoms with Crippen LogP contribution in [0.25, 0.3) is 10.8 Å². The monoisotopic (exact) mass is 393 g/mol. The molecule has 4 nitrogen and oxygen atoms in total. The fourth-order valence-electron chi connectivity index (χ4n) is 5.62. The summed E-state index contributed by atoms with van der Waals surface area (Å²) in [5.41, 5.74) is 1.24. The number of carbonyl (C=O) groups is 1. The Hall–Kier alpha value is -2.23. The molecule has 1 amide bonds. The number of hydrogen-bond acceptors (Lipinski definition) is 3. The Morgan fingerprint density at radius 3 is 2.41 bits per heavy atom. The van der Waals surface area contributed by atoms with Gasteiger partial charge in [-0.25, -0.2) is 4.79 Å². The van der Waals surface area contributed by atoms with E-state index in [1.54, 1.807) is 0 Å². The minimum absolute atomic E-state index is 0.348. The van der Waals surface area contributed by atoms with Crippen LogP contribution in [0.5, 0.6) is 5.75 Å². The number of benzene rings is 2. The Balaban J connectivity index is 1.27. The maximum Gasteiger partial charge on any atom is 0.408 e. The number of cyclic esters (lactones) is 1. The second-order valence-electron chi connectivity index (χ2n) is 9.63. The third-order valence-corrected chi connectivity index (χ3v) is 7.53. The van der Waals surface area contributed by atoms with E-state index in [9.17, 15) is 4.79 Å². The number of carbonyl (C=O) groups excluding carboxylic acids is 1. The fraction of sp³-hybridized carbons (Fsp3) is 0.560. The van der Waals surface area contributed by atoms with E-state index < -0.39 is 5.54 Å². The second kappa shape index (κ2) is 7.23. The number of rotatable bonds is 3. The predicted octanol–water partition coefficient (Wildman–Crippen LogP) is 6.07. The molecule has 1 spiro atoms. The van der Waals surface area contributed by atoms with Crippen molar-refractivity contribution in [3.8, 4) is 5.75 Å². The molecule has 3 aliphatic rings. The Bertz CT molecular complexity index is 907. The van der Waals surface area contributed by atoms with Gasteiger partial charge in [0.1, 0.15) is 12.4 Å². The van der Waals surface area contributed by atoms with E-state index in [-0.39, 0.29) is 6.09 Å². The first-order chi connectivity index (χ1) is 14.0. The zero-order valence-corrected chi connectivity index (χ0v) is 17.3. The summed E-state index contributed by atoms with van der Waals surface area (Å²) in [7, 11) is 0. The van der Waals surface area contributed by atoms with Crippen LogP contribution in [0.2, 0.25) is 0 Å². The van der Waals surface area contributed by atoms with Gasteiger partial charge in [-0.2, -0.15) is 0 Å². The third kappa shape index (κ3) is 3.70. The topological polar surface area (TPSA) is 47.6 Å². The molecule has 0 aromatic heterocycles. The van der Waals surface area contributed by atoms with Gasteiger partial charge in [-0.05, 0) is 85.4 Å². The van der Waals surface area contributed by atoms with Crippen LogP contribution in [0, 0.1) is 5.41 Å². The largest absolute Gasteiger partial charge is 0.490 e. The minimum Gasteiger partial charge on any atom is -0.490 e. The highest BCUT2D eigenvalue weighted by molar-refractivity contribution is 5.85. The van der Waals surface area contributed by atoms with E-state index in [1.165, 1.54) is 63.2 Å². The Morgan fingerprint density at radius 1 is 0.966 bits per heavy atom. The molecular formula is C25H31NO3. The van der Waals surface area contributed by atoms with Crippen LogP contribution >= 0.6 is 0 Å². The molecule has 4 heteroatoms. The summed E-state index contributed by atoms with van der Waals surface area (Å²) < 4.78 is 11.5. The first kappa shape index (κ1) is 18.8. The van der Waals surface area contributed by atoms with Crippen molar-refractivity contribution in [1.82, 2.24) is 5.32 Å². The molecule has 5 rings (SSSR count). The highest BCUT2D eigenvalue weighted by Gasteiger charge is 2.37. The van der Waals surface area contributed by atoms with Gasteiger partial charge in [-0.3, -0.25) is 0 Å². The van der Waals surface area contributed by atoms with Crippen LogP contribution in [0.3, 0.4) is 0 Å². The highest BCUT2D eigenvalue weighted by atomic mass is 16.6. The molecule has 1 heterocycles. The van der Waals surface area contributed by atoms with Crippen LogP contribution in [-0.4, -0.2) is 18.8 Å². The zero-order valence-electron chi connectivity index (χ0n) is 17.3. The van der Waals surface area contributed by atoms with E-state index in [1.807, 2.05) is 6.92 Å². The lowest BCUT2D eigenvalue weighted by atomic mass is 9.65. The average molecular weight is 394 g/mol. The Morgan fingerprint density at radius 2 is 1.69 bits per heavy atom. The fourth-order valence-corrected chi connectivity index (χ4v) is 5.62. The highest BCUT2D eigenvalue weighted by Crippen LogP contribution is 2.48. The van der Waals surface area contributed by atoms with E-state index in [2.05, 4.69) is 41.7 Å². The van der Waals surface area contributed by atoms with Gasteiger partial charge >= 0.3 is 6.09 Å². The molecule has 0 unspecified atom stereocenters. The van der Waals surface area contributed by atoms with Crippen molar-refractivity contribution < 1.29 is 14.3 Å². The SMILES string of the molecule is C[C@@]1(c2ccc3cc(OC4CCC5(CCCCC5)CC4)ccc3c2)COC(=O)N1. The first-order valence-electron chi connectivity index (χ1n) is 11.2. The number of amides is 1. The standard InChI is InChI=1S/C25H31NO3/c1-24(17-28-23(27)26-24)20-7-5-19-16-22(8-6-18(19)15-20)29-21-9-13-25(14-10-21)11-3-2-4-12-25/h5-8,15-16,21H,2-4,9-14,17H2,1H3,(H,26,27)/t24-/m0/s1. The molecule has 3 fully saturated rings. The lowest BCUT2D eigenvalue weighted by Crippen LogP contribution is -2.37. The third-order valence-electron chi connectivity index (χ3n) is 7.53. The molecule has 1 aliphatic heterocycles. The normalized spacial score (nSPS) is 27.0. The lowest BCUT2D eigenvalue weighted by molar-refractivity contribution is 0.0524. The van der Waals surface area contributed by atoms with Crippen molar-refractivity contribution in [2.24, 2.45) is 5.41 Å². The second-order valence-corrected chi connectivity index (χ2v) is 9.63. The molecule has 1 N–H and O–H groups in total. The maximum absolute atomic E-state index is 11.5. The molecule has 1 saturated heterocycles. The van der Waals surface area contributed by atoms with E-state index in [0.717, 1.165) is 16.7 Å². The van der Waals surface area contributed by atoms with Gasteiger partial charge < -0.3 is 14.8 Å². The molecule has 154 valence electrons. The minimum atomic E-state index is -0.461. The van der Waals surface area contributed by atoms with Crippen molar-refractivity contribution in [2.75, 3.05) is 6.61 Å². The van der Waals surface area contributed by atoms with E-state index in [0.29, 0.717) is 18.1 Å². The summed E-state index contributed by atoms with van der Waals surface area (Å²) >= 11 is 0. The number of hydrogen-bond donors (Lipinski definition) is 1. The van der Waals surface area contributed by atoms with E-state index in [4.69, 9.17) is 9.47 Å². The van der Waals surface area contributed by atoms with Crippen LogP contribution in [0.1, 0.15) is 70.3 Å². The Labute approximate surface area is 173 Å². The van der Waals surface area contributed by atoms with Gasteiger partial charge in [0.15, 0.2) is 0 Å². The molecule has 2 saturated carbocycles. The van der Waals surface area contributed by atoms with Crippen molar-refractivity contribution in [1.29, 1.82) is 0 Å². The molecular weight excluding hydrogens is 362 g/mol. The van der Waals surface area contributed by atoms with Crippen LogP contribution in [0.4, 0.5) is 4.79 Å². The maximum atomic E-state index is 11.5. The van der Waals surface area contributed by atoms with Gasteiger partial charge in [-0.15, -0.1) is 0 Å². The molecule has 2 aliphatic carbocycles. The van der Waals surface area contributed by atoms with Gasteiger partial charge in [0, 0.05) is 0 Å². The summed E-state index contributed by atoms with van der Waals surface area (Å²) in [5.74, 6) is 0.971. The van der Waals surface area contributed by atoms with Crippen molar-refractivity contribution in [3.63, 3.8) is 0 Å². The molecule has 29 heavy (non-hydrogen) atoms.